The third-order valence-corrected chi connectivity index (χ3v) is 3.79. The fourth-order valence-corrected chi connectivity index (χ4v) is 2.88. The van der Waals surface area contributed by atoms with E-state index in [1.54, 1.807) is 19.1 Å². The Bertz CT molecular complexity index is 567. The maximum Gasteiger partial charge on any atom is 0.251 e. The summed E-state index contributed by atoms with van der Waals surface area (Å²) in [6.45, 7) is 3.58. The average Bonchev–Trinajstić information content (AvgIpc) is 2.26. The molecule has 0 radical (unpaired) electrons. The highest BCUT2D eigenvalue weighted by Crippen LogP contribution is 2.15. The Morgan fingerprint density at radius 2 is 2.00 bits per heavy atom. The molecule has 1 aromatic rings. The number of amides is 1. The smallest absolute Gasteiger partial charge is 0.251 e. The molecule has 0 saturated carbocycles. The minimum Gasteiger partial charge on any atom is -0.388 e. The van der Waals surface area contributed by atoms with Crippen LogP contribution in [0, 0.1) is 6.92 Å². The molecule has 5 nitrogen and oxygen atoms in total. The minimum absolute atomic E-state index is 0.0632. The van der Waals surface area contributed by atoms with Crippen LogP contribution in [0.4, 0.5) is 5.69 Å². The van der Waals surface area contributed by atoms with Crippen molar-refractivity contribution in [1.82, 2.24) is 5.32 Å². The first-order valence-corrected chi connectivity index (χ1v) is 8.06. The largest absolute Gasteiger partial charge is 0.388 e. The Morgan fingerprint density at radius 3 is 2.47 bits per heavy atom. The average molecular weight is 284 g/mol. The summed E-state index contributed by atoms with van der Waals surface area (Å²) < 4.78 is 22.3. The summed E-state index contributed by atoms with van der Waals surface area (Å²) in [6.07, 6.45) is 1.15. The molecule has 0 aliphatic rings. The summed E-state index contributed by atoms with van der Waals surface area (Å²) in [6, 6.07) is 4.90. The zero-order valence-corrected chi connectivity index (χ0v) is 12.5. The zero-order chi connectivity index (χ0) is 14.6. The minimum atomic E-state index is -3.09. The van der Waals surface area contributed by atoms with Crippen LogP contribution in [0.3, 0.4) is 0 Å². The normalized spacial score (nSPS) is 12.8. The third-order valence-electron chi connectivity index (χ3n) is 2.69. The van der Waals surface area contributed by atoms with Gasteiger partial charge < -0.3 is 10.6 Å². The molecule has 1 amide bonds. The van der Waals surface area contributed by atoms with Crippen LogP contribution in [0.25, 0.3) is 0 Å². The van der Waals surface area contributed by atoms with Crippen LogP contribution in [0.15, 0.2) is 18.2 Å². The van der Waals surface area contributed by atoms with Gasteiger partial charge in [-0.15, -0.1) is 0 Å². The molecule has 19 heavy (non-hydrogen) atoms. The van der Waals surface area contributed by atoms with Crippen LogP contribution in [-0.2, 0) is 9.84 Å². The predicted molar refractivity (Wildman–Crippen MR) is 77.4 cm³/mol. The first-order valence-electron chi connectivity index (χ1n) is 6.00. The molecule has 1 atom stereocenters. The highest BCUT2D eigenvalue weighted by molar-refractivity contribution is 7.90. The van der Waals surface area contributed by atoms with Gasteiger partial charge in [-0.25, -0.2) is 8.42 Å². The second kappa shape index (κ2) is 6.06. The highest BCUT2D eigenvalue weighted by Gasteiger charge is 2.14. The number of hydrogen-bond acceptors (Lipinski definition) is 4. The molecule has 0 spiro atoms. The molecule has 0 aromatic heterocycles. The summed E-state index contributed by atoms with van der Waals surface area (Å²) in [5, 5.41) is 5.70. The molecule has 0 aliphatic carbocycles. The van der Waals surface area contributed by atoms with Crippen molar-refractivity contribution in [2.24, 2.45) is 0 Å². The van der Waals surface area contributed by atoms with Gasteiger partial charge in [-0.2, -0.15) is 0 Å². The van der Waals surface area contributed by atoms with E-state index in [0.29, 0.717) is 5.56 Å². The van der Waals surface area contributed by atoms with Crippen molar-refractivity contribution in [3.05, 3.63) is 29.3 Å². The van der Waals surface area contributed by atoms with Gasteiger partial charge in [0.05, 0.1) is 5.75 Å². The lowest BCUT2D eigenvalue weighted by atomic mass is 10.1. The van der Waals surface area contributed by atoms with Gasteiger partial charge in [0.25, 0.3) is 5.91 Å². The molecule has 0 fully saturated rings. The van der Waals surface area contributed by atoms with Crippen molar-refractivity contribution in [3.8, 4) is 0 Å². The van der Waals surface area contributed by atoms with Gasteiger partial charge >= 0.3 is 0 Å². The molecule has 106 valence electrons. The molecule has 6 heteroatoms. The number of benzene rings is 1. The van der Waals surface area contributed by atoms with E-state index in [4.69, 9.17) is 0 Å². The van der Waals surface area contributed by atoms with Crippen LogP contribution in [0.1, 0.15) is 22.8 Å². The number of hydrogen-bond donors (Lipinski definition) is 2. The van der Waals surface area contributed by atoms with Crippen molar-refractivity contribution in [1.29, 1.82) is 0 Å². The first kappa shape index (κ1) is 15.5. The van der Waals surface area contributed by atoms with E-state index in [-0.39, 0.29) is 11.7 Å². The maximum absolute atomic E-state index is 12.0. The fourth-order valence-electron chi connectivity index (χ4n) is 1.89. The lowest BCUT2D eigenvalue weighted by Gasteiger charge is -2.13. The van der Waals surface area contributed by atoms with Crippen molar-refractivity contribution in [3.63, 3.8) is 0 Å². The van der Waals surface area contributed by atoms with Gasteiger partial charge in [0.15, 0.2) is 0 Å². The lowest BCUT2D eigenvalue weighted by molar-refractivity contribution is 0.0943. The first-order chi connectivity index (χ1) is 8.73. The second-order valence-electron chi connectivity index (χ2n) is 4.75. The SMILES string of the molecule is CNc1ccc(C(=O)NC(C)CS(C)(=O)=O)cc1C. The summed E-state index contributed by atoms with van der Waals surface area (Å²) in [7, 11) is -1.28. The number of carbonyl (C=O) groups excluding carboxylic acids is 1. The van der Waals surface area contributed by atoms with E-state index in [9.17, 15) is 13.2 Å². The zero-order valence-electron chi connectivity index (χ0n) is 11.6. The molecular formula is C13H20N2O3S. The van der Waals surface area contributed by atoms with E-state index in [2.05, 4.69) is 10.6 Å². The van der Waals surface area contributed by atoms with Crippen molar-refractivity contribution in [2.45, 2.75) is 19.9 Å². The van der Waals surface area contributed by atoms with Crippen molar-refractivity contribution >= 4 is 21.4 Å². The summed E-state index contributed by atoms with van der Waals surface area (Å²) in [5.74, 6) is -0.325. The van der Waals surface area contributed by atoms with Crippen LogP contribution in [0.5, 0.6) is 0 Å². The predicted octanol–water partition coefficient (Wildman–Crippen LogP) is 1.20. The van der Waals surface area contributed by atoms with Crippen LogP contribution >= 0.6 is 0 Å². The van der Waals surface area contributed by atoms with E-state index in [0.717, 1.165) is 17.5 Å². The van der Waals surface area contributed by atoms with Crippen molar-refractivity contribution in [2.75, 3.05) is 24.4 Å². The molecule has 0 bridgehead atoms. The molecule has 0 aliphatic heterocycles. The van der Waals surface area contributed by atoms with E-state index < -0.39 is 15.9 Å². The van der Waals surface area contributed by atoms with Crippen LogP contribution in [-0.4, -0.2) is 39.4 Å². The summed E-state index contributed by atoms with van der Waals surface area (Å²) >= 11 is 0. The standard InChI is InChI=1S/C13H20N2O3S/c1-9-7-11(5-6-12(9)14-3)13(16)15-10(2)8-19(4,17)18/h5-7,10,14H,8H2,1-4H3,(H,15,16). The number of rotatable bonds is 5. The molecule has 0 heterocycles. The quantitative estimate of drug-likeness (QED) is 0.852. The van der Waals surface area contributed by atoms with Crippen LogP contribution < -0.4 is 10.6 Å². The number of anilines is 1. The Balaban J connectivity index is 2.76. The highest BCUT2D eigenvalue weighted by atomic mass is 32.2. The van der Waals surface area contributed by atoms with Gasteiger partial charge in [0, 0.05) is 30.6 Å². The lowest BCUT2D eigenvalue weighted by Crippen LogP contribution is -2.37. The maximum atomic E-state index is 12.0. The Labute approximate surface area is 114 Å². The summed E-state index contributed by atoms with van der Waals surface area (Å²) in [4.78, 5) is 12.0. The Hall–Kier alpha value is -1.56. The molecule has 1 rings (SSSR count). The second-order valence-corrected chi connectivity index (χ2v) is 6.93. The summed E-state index contributed by atoms with van der Waals surface area (Å²) in [5.41, 5.74) is 2.45. The van der Waals surface area contributed by atoms with Gasteiger partial charge in [-0.3, -0.25) is 4.79 Å². The Morgan fingerprint density at radius 1 is 1.37 bits per heavy atom. The van der Waals surface area contributed by atoms with E-state index >= 15 is 0 Å². The van der Waals surface area contributed by atoms with E-state index in [1.165, 1.54) is 0 Å². The van der Waals surface area contributed by atoms with Crippen LogP contribution in [0.2, 0.25) is 0 Å². The Kier molecular flexibility index (Phi) is 4.94. The van der Waals surface area contributed by atoms with Gasteiger partial charge in [0.2, 0.25) is 0 Å². The molecule has 1 unspecified atom stereocenters. The molecule has 1 aromatic carbocycles. The molecule has 0 saturated heterocycles. The third kappa shape index (κ3) is 4.90. The van der Waals surface area contributed by atoms with Gasteiger partial charge in [-0.05, 0) is 37.6 Å². The molecular weight excluding hydrogens is 264 g/mol. The number of aryl methyl sites for hydroxylation is 1. The number of nitrogens with one attached hydrogen (secondary N) is 2. The van der Waals surface area contributed by atoms with Gasteiger partial charge in [-0.1, -0.05) is 0 Å². The number of sulfone groups is 1. The van der Waals surface area contributed by atoms with E-state index in [1.807, 2.05) is 20.0 Å². The monoisotopic (exact) mass is 284 g/mol. The number of carbonyl (C=O) groups is 1. The molecule has 2 N–H and O–H groups in total. The van der Waals surface area contributed by atoms with Crippen molar-refractivity contribution < 1.29 is 13.2 Å². The fraction of sp³-hybridized carbons (Fsp3) is 0.462. The van der Waals surface area contributed by atoms with Gasteiger partial charge in [0.1, 0.15) is 9.84 Å². The topological polar surface area (TPSA) is 75.3 Å².